The van der Waals surface area contributed by atoms with Crippen LogP contribution in [-0.2, 0) is 20.9 Å². The van der Waals surface area contributed by atoms with Gasteiger partial charge in [-0.15, -0.1) is 0 Å². The van der Waals surface area contributed by atoms with E-state index >= 15 is 0 Å². The Bertz CT molecular complexity index is 1180. The molecule has 0 radical (unpaired) electrons. The number of rotatable bonds is 9. The molecular formula is C28H34N4O4. The first-order valence-electron chi connectivity index (χ1n) is 11.9. The van der Waals surface area contributed by atoms with Crippen LogP contribution in [0.3, 0.4) is 0 Å². The number of furan rings is 1. The molecule has 0 aliphatic heterocycles. The summed E-state index contributed by atoms with van der Waals surface area (Å²) < 4.78 is 5.50. The number of carbonyl (C=O) groups is 3. The molecule has 8 heteroatoms. The maximum Gasteiger partial charge on any atom is 0.247 e. The minimum absolute atomic E-state index is 0.0510. The van der Waals surface area contributed by atoms with Crippen molar-refractivity contribution in [2.24, 2.45) is 0 Å². The molecule has 190 valence electrons. The van der Waals surface area contributed by atoms with Crippen molar-refractivity contribution in [3.8, 4) is 0 Å². The fourth-order valence-corrected chi connectivity index (χ4v) is 3.73. The fourth-order valence-electron chi connectivity index (χ4n) is 3.73. The summed E-state index contributed by atoms with van der Waals surface area (Å²) in [6, 6.07) is 13.7. The van der Waals surface area contributed by atoms with Gasteiger partial charge in [0.15, 0.2) is 0 Å². The van der Waals surface area contributed by atoms with E-state index in [1.165, 1.54) is 11.2 Å². The van der Waals surface area contributed by atoms with Gasteiger partial charge in [-0.1, -0.05) is 29.8 Å². The Hall–Kier alpha value is -3.94. The van der Waals surface area contributed by atoms with Crippen molar-refractivity contribution in [2.75, 3.05) is 5.32 Å². The van der Waals surface area contributed by atoms with E-state index in [4.69, 9.17) is 4.42 Å². The molecule has 0 fully saturated rings. The van der Waals surface area contributed by atoms with Crippen LogP contribution in [0.5, 0.6) is 0 Å². The van der Waals surface area contributed by atoms with E-state index in [1.807, 2.05) is 65.0 Å². The second-order valence-corrected chi connectivity index (χ2v) is 9.92. The lowest BCUT2D eigenvalue weighted by Crippen LogP contribution is -2.49. The average Bonchev–Trinajstić information content (AvgIpc) is 3.30. The van der Waals surface area contributed by atoms with Gasteiger partial charge in [-0.05, 0) is 70.0 Å². The number of pyridine rings is 1. The number of amides is 3. The van der Waals surface area contributed by atoms with Crippen molar-refractivity contribution >= 4 is 23.5 Å². The summed E-state index contributed by atoms with van der Waals surface area (Å²) in [4.78, 5) is 45.2. The van der Waals surface area contributed by atoms with Gasteiger partial charge < -0.3 is 20.0 Å². The van der Waals surface area contributed by atoms with Gasteiger partial charge in [0.25, 0.3) is 0 Å². The van der Waals surface area contributed by atoms with Crippen molar-refractivity contribution in [1.82, 2.24) is 15.2 Å². The topological polar surface area (TPSA) is 105 Å². The molecule has 3 amide bonds. The molecule has 0 saturated carbocycles. The SMILES string of the molecule is Cc1ccc(C(C(=O)NC(C)(C)C)N(Cc2ccco2)C(=O)CCC(=O)Nc2cc(C)ccn2)cc1. The number of nitrogens with zero attached hydrogens (tertiary/aromatic N) is 2. The van der Waals surface area contributed by atoms with Crippen molar-refractivity contribution in [3.63, 3.8) is 0 Å². The lowest BCUT2D eigenvalue weighted by Gasteiger charge is -2.33. The van der Waals surface area contributed by atoms with Crippen LogP contribution in [0.2, 0.25) is 0 Å². The molecule has 2 heterocycles. The molecule has 0 bridgehead atoms. The molecule has 36 heavy (non-hydrogen) atoms. The molecule has 0 saturated heterocycles. The van der Waals surface area contributed by atoms with Crippen molar-refractivity contribution < 1.29 is 18.8 Å². The predicted molar refractivity (Wildman–Crippen MR) is 138 cm³/mol. The highest BCUT2D eigenvalue weighted by Crippen LogP contribution is 2.26. The van der Waals surface area contributed by atoms with Gasteiger partial charge in [0.2, 0.25) is 17.7 Å². The Kier molecular flexibility index (Phi) is 8.64. The summed E-state index contributed by atoms with van der Waals surface area (Å²) in [5.74, 6) is -0.00195. The lowest BCUT2D eigenvalue weighted by molar-refractivity contribution is -0.143. The molecule has 3 aromatic rings. The van der Waals surface area contributed by atoms with E-state index < -0.39 is 11.6 Å². The molecule has 1 atom stereocenters. The van der Waals surface area contributed by atoms with E-state index in [-0.39, 0.29) is 37.1 Å². The van der Waals surface area contributed by atoms with Gasteiger partial charge in [-0.2, -0.15) is 0 Å². The second-order valence-electron chi connectivity index (χ2n) is 9.92. The number of nitrogens with one attached hydrogen (secondary N) is 2. The zero-order chi connectivity index (χ0) is 26.3. The maximum absolute atomic E-state index is 13.5. The summed E-state index contributed by atoms with van der Waals surface area (Å²) in [5, 5.41) is 5.72. The summed E-state index contributed by atoms with van der Waals surface area (Å²) in [6.45, 7) is 9.62. The normalized spacial score (nSPS) is 12.0. The van der Waals surface area contributed by atoms with Crippen LogP contribution in [0.25, 0.3) is 0 Å². The highest BCUT2D eigenvalue weighted by molar-refractivity contribution is 5.94. The van der Waals surface area contributed by atoms with E-state index in [1.54, 1.807) is 24.4 Å². The minimum atomic E-state index is -0.899. The summed E-state index contributed by atoms with van der Waals surface area (Å²) in [7, 11) is 0. The smallest absolute Gasteiger partial charge is 0.247 e. The van der Waals surface area contributed by atoms with Crippen molar-refractivity contribution in [2.45, 2.75) is 65.6 Å². The van der Waals surface area contributed by atoms with Gasteiger partial charge >= 0.3 is 0 Å². The van der Waals surface area contributed by atoms with Gasteiger partial charge in [0.1, 0.15) is 17.6 Å². The van der Waals surface area contributed by atoms with Crippen LogP contribution < -0.4 is 10.6 Å². The van der Waals surface area contributed by atoms with E-state index in [0.29, 0.717) is 17.1 Å². The Morgan fingerprint density at radius 1 is 1.00 bits per heavy atom. The molecule has 0 aliphatic carbocycles. The number of carbonyl (C=O) groups excluding carboxylic acids is 3. The lowest BCUT2D eigenvalue weighted by atomic mass is 10.00. The monoisotopic (exact) mass is 490 g/mol. The molecule has 1 aromatic carbocycles. The first-order chi connectivity index (χ1) is 17.0. The van der Waals surface area contributed by atoms with Crippen LogP contribution in [0.4, 0.5) is 5.82 Å². The van der Waals surface area contributed by atoms with E-state index in [9.17, 15) is 14.4 Å². The summed E-state index contributed by atoms with van der Waals surface area (Å²) in [5.41, 5.74) is 2.18. The molecular weight excluding hydrogens is 456 g/mol. The maximum atomic E-state index is 13.5. The molecule has 0 aliphatic rings. The third kappa shape index (κ3) is 7.80. The predicted octanol–water partition coefficient (Wildman–Crippen LogP) is 4.69. The number of hydrogen-bond acceptors (Lipinski definition) is 5. The highest BCUT2D eigenvalue weighted by atomic mass is 16.3. The van der Waals surface area contributed by atoms with Crippen LogP contribution >= 0.6 is 0 Å². The van der Waals surface area contributed by atoms with Gasteiger partial charge in [-0.25, -0.2) is 4.98 Å². The average molecular weight is 491 g/mol. The van der Waals surface area contributed by atoms with E-state index in [2.05, 4.69) is 15.6 Å². The van der Waals surface area contributed by atoms with E-state index in [0.717, 1.165) is 11.1 Å². The molecule has 1 unspecified atom stereocenters. The molecule has 8 nitrogen and oxygen atoms in total. The quantitative estimate of drug-likeness (QED) is 0.453. The zero-order valence-corrected chi connectivity index (χ0v) is 21.5. The minimum Gasteiger partial charge on any atom is -0.467 e. The van der Waals surface area contributed by atoms with Crippen LogP contribution in [0, 0.1) is 13.8 Å². The van der Waals surface area contributed by atoms with Gasteiger partial charge in [0.05, 0.1) is 12.8 Å². The largest absolute Gasteiger partial charge is 0.467 e. The van der Waals surface area contributed by atoms with Crippen molar-refractivity contribution in [3.05, 3.63) is 83.4 Å². The van der Waals surface area contributed by atoms with Crippen LogP contribution in [-0.4, -0.2) is 33.1 Å². The van der Waals surface area contributed by atoms with Crippen LogP contribution in [0.15, 0.2) is 65.4 Å². The standard InChI is InChI=1S/C28H34N4O4/c1-19-8-10-21(11-9-19)26(27(35)31-28(3,4)5)32(18-22-7-6-16-36-22)25(34)13-12-24(33)30-23-17-20(2)14-15-29-23/h6-11,14-17,26H,12-13,18H2,1-5H3,(H,31,35)(H,29,30,33). The first-order valence-corrected chi connectivity index (χ1v) is 11.9. The number of benzene rings is 1. The Morgan fingerprint density at radius 2 is 1.72 bits per heavy atom. The second kappa shape index (κ2) is 11.7. The molecule has 2 aromatic heterocycles. The fraction of sp³-hybridized carbons (Fsp3) is 0.357. The molecule has 2 N–H and O–H groups in total. The number of anilines is 1. The molecule has 3 rings (SSSR count). The number of aryl methyl sites for hydroxylation is 2. The van der Waals surface area contributed by atoms with Crippen LogP contribution in [0.1, 0.15) is 62.1 Å². The molecule has 0 spiro atoms. The Morgan fingerprint density at radius 3 is 2.33 bits per heavy atom. The first kappa shape index (κ1) is 26.7. The Labute approximate surface area is 212 Å². The van der Waals surface area contributed by atoms with Gasteiger partial charge in [-0.3, -0.25) is 14.4 Å². The van der Waals surface area contributed by atoms with Gasteiger partial charge in [0, 0.05) is 24.6 Å². The number of hydrogen-bond donors (Lipinski definition) is 2. The number of aromatic nitrogens is 1. The summed E-state index contributed by atoms with van der Waals surface area (Å²) in [6.07, 6.45) is 3.01. The van der Waals surface area contributed by atoms with Crippen molar-refractivity contribution in [1.29, 1.82) is 0 Å². The third-order valence-corrected chi connectivity index (χ3v) is 5.43. The summed E-state index contributed by atoms with van der Waals surface area (Å²) >= 11 is 0. The Balaban J connectivity index is 1.85. The third-order valence-electron chi connectivity index (χ3n) is 5.43. The zero-order valence-electron chi connectivity index (χ0n) is 21.5. The highest BCUT2D eigenvalue weighted by Gasteiger charge is 2.33.